The molecular formula is C15H16F3N3O4S. The van der Waals surface area contributed by atoms with Crippen molar-refractivity contribution in [1.29, 1.82) is 0 Å². The van der Waals surface area contributed by atoms with Crippen LogP contribution in [-0.4, -0.2) is 48.6 Å². The third-order valence-electron chi connectivity index (χ3n) is 3.82. The maximum Gasteiger partial charge on any atom is 0.573 e. The second-order valence-corrected chi connectivity index (χ2v) is 7.57. The smallest absolute Gasteiger partial charge is 0.404 e. The van der Waals surface area contributed by atoms with Crippen LogP contribution in [0.25, 0.3) is 0 Å². The molecule has 1 atom stereocenters. The molecule has 11 heteroatoms. The van der Waals surface area contributed by atoms with Crippen LogP contribution in [0.1, 0.15) is 11.7 Å². The van der Waals surface area contributed by atoms with Crippen molar-refractivity contribution in [1.82, 2.24) is 14.1 Å². The lowest BCUT2D eigenvalue weighted by Gasteiger charge is -2.32. The monoisotopic (exact) mass is 391 g/mol. The Hall–Kier alpha value is -2.11. The molecular weight excluding hydrogens is 375 g/mol. The summed E-state index contributed by atoms with van der Waals surface area (Å²) in [6.07, 6.45) is -2.29. The van der Waals surface area contributed by atoms with E-state index in [-0.39, 0.29) is 19.7 Å². The highest BCUT2D eigenvalue weighted by Crippen LogP contribution is 2.33. The Morgan fingerprint density at radius 2 is 2.04 bits per heavy atom. The second-order valence-electron chi connectivity index (χ2n) is 5.66. The molecule has 0 saturated carbocycles. The lowest BCUT2D eigenvalue weighted by Crippen LogP contribution is -2.42. The van der Waals surface area contributed by atoms with E-state index in [9.17, 15) is 21.6 Å². The van der Waals surface area contributed by atoms with Gasteiger partial charge in [0.1, 0.15) is 10.6 Å². The van der Waals surface area contributed by atoms with E-state index < -0.39 is 33.1 Å². The van der Waals surface area contributed by atoms with Gasteiger partial charge in [0.25, 0.3) is 0 Å². The van der Waals surface area contributed by atoms with Crippen molar-refractivity contribution >= 4 is 10.0 Å². The van der Waals surface area contributed by atoms with Crippen molar-refractivity contribution in [3.63, 3.8) is 0 Å². The van der Waals surface area contributed by atoms with Gasteiger partial charge < -0.3 is 9.47 Å². The van der Waals surface area contributed by atoms with Gasteiger partial charge in [-0.05, 0) is 12.1 Å². The number of alkyl halides is 3. The SMILES string of the molecule is Cn1cc([C@@H]2CN(S(=O)(=O)c3ccccc3OC(F)(F)F)CCO2)cn1. The average Bonchev–Trinajstić information content (AvgIpc) is 3.00. The number of para-hydroxylation sites is 1. The summed E-state index contributed by atoms with van der Waals surface area (Å²) in [6.45, 7) is 0.106. The molecule has 0 N–H and O–H groups in total. The van der Waals surface area contributed by atoms with E-state index in [2.05, 4.69) is 9.84 Å². The van der Waals surface area contributed by atoms with Crippen LogP contribution in [0.4, 0.5) is 13.2 Å². The molecule has 1 aliphatic heterocycles. The minimum absolute atomic E-state index is 0.0272. The maximum absolute atomic E-state index is 12.9. The highest BCUT2D eigenvalue weighted by molar-refractivity contribution is 7.89. The molecule has 2 aromatic rings. The minimum atomic E-state index is -4.99. The summed E-state index contributed by atoms with van der Waals surface area (Å²) in [6, 6.07) is 4.68. The summed E-state index contributed by atoms with van der Waals surface area (Å²) in [5, 5.41) is 4.02. The molecule has 1 fully saturated rings. The number of sulfonamides is 1. The molecule has 1 saturated heterocycles. The third-order valence-corrected chi connectivity index (χ3v) is 5.72. The normalized spacial score (nSPS) is 19.5. The van der Waals surface area contributed by atoms with Gasteiger partial charge in [-0.1, -0.05) is 12.1 Å². The van der Waals surface area contributed by atoms with Crippen molar-refractivity contribution in [3.05, 3.63) is 42.2 Å². The van der Waals surface area contributed by atoms with Crippen molar-refractivity contribution in [3.8, 4) is 5.75 Å². The summed E-state index contributed by atoms with van der Waals surface area (Å²) in [5.74, 6) is -0.760. The van der Waals surface area contributed by atoms with Gasteiger partial charge in [-0.2, -0.15) is 9.40 Å². The molecule has 0 amide bonds. The summed E-state index contributed by atoms with van der Waals surface area (Å²) in [7, 11) is -2.48. The fraction of sp³-hybridized carbons (Fsp3) is 0.400. The van der Waals surface area contributed by atoms with Crippen LogP contribution in [0.2, 0.25) is 0 Å². The number of morpholine rings is 1. The zero-order valence-electron chi connectivity index (χ0n) is 13.7. The van der Waals surface area contributed by atoms with Crippen LogP contribution in [-0.2, 0) is 21.8 Å². The summed E-state index contributed by atoms with van der Waals surface area (Å²) < 4.78 is 75.6. The highest BCUT2D eigenvalue weighted by atomic mass is 32.2. The molecule has 26 heavy (non-hydrogen) atoms. The number of aromatic nitrogens is 2. The fourth-order valence-electron chi connectivity index (χ4n) is 2.66. The lowest BCUT2D eigenvalue weighted by atomic mass is 10.2. The predicted molar refractivity (Wildman–Crippen MR) is 83.8 cm³/mol. The predicted octanol–water partition coefficient (Wildman–Crippen LogP) is 2.08. The number of rotatable bonds is 4. The van der Waals surface area contributed by atoms with E-state index in [0.717, 1.165) is 16.4 Å². The van der Waals surface area contributed by atoms with Crippen molar-refractivity contribution < 1.29 is 31.1 Å². The van der Waals surface area contributed by atoms with E-state index in [1.807, 2.05) is 0 Å². The van der Waals surface area contributed by atoms with Gasteiger partial charge in [-0.25, -0.2) is 8.42 Å². The number of nitrogens with zero attached hydrogens (tertiary/aromatic N) is 3. The first-order valence-electron chi connectivity index (χ1n) is 7.62. The largest absolute Gasteiger partial charge is 0.573 e. The first kappa shape index (κ1) is 18.7. The van der Waals surface area contributed by atoms with Crippen LogP contribution in [0.15, 0.2) is 41.6 Å². The number of halogens is 3. The molecule has 0 bridgehead atoms. The van der Waals surface area contributed by atoms with Crippen LogP contribution in [0.5, 0.6) is 5.75 Å². The highest BCUT2D eigenvalue weighted by Gasteiger charge is 2.37. The van der Waals surface area contributed by atoms with Gasteiger partial charge in [0, 0.05) is 31.9 Å². The van der Waals surface area contributed by atoms with Crippen molar-refractivity contribution in [2.75, 3.05) is 19.7 Å². The lowest BCUT2D eigenvalue weighted by molar-refractivity contribution is -0.275. The number of ether oxygens (including phenoxy) is 2. The molecule has 1 aliphatic rings. The first-order chi connectivity index (χ1) is 12.2. The molecule has 0 unspecified atom stereocenters. The number of hydrogen-bond acceptors (Lipinski definition) is 5. The molecule has 7 nitrogen and oxygen atoms in total. The molecule has 3 rings (SSSR count). The summed E-state index contributed by atoms with van der Waals surface area (Å²) in [4.78, 5) is -0.538. The zero-order valence-corrected chi connectivity index (χ0v) is 14.5. The van der Waals surface area contributed by atoms with Gasteiger partial charge in [0.05, 0.1) is 18.9 Å². The van der Waals surface area contributed by atoms with Gasteiger partial charge in [0.15, 0.2) is 0 Å². The number of hydrogen-bond donors (Lipinski definition) is 0. The standard InChI is InChI=1S/C15H16F3N3O4S/c1-20-9-11(8-19-20)13-10-21(6-7-24-13)26(22,23)14-5-3-2-4-12(14)25-15(16,17)18/h2-5,8-9,13H,6-7,10H2,1H3/t13-/m0/s1. The van der Waals surface area contributed by atoms with Crippen LogP contribution in [0, 0.1) is 0 Å². The Labute approximate surface area is 148 Å². The third kappa shape index (κ3) is 4.00. The summed E-state index contributed by atoms with van der Waals surface area (Å²) >= 11 is 0. The molecule has 1 aromatic heterocycles. The molecule has 0 radical (unpaired) electrons. The molecule has 0 aliphatic carbocycles. The molecule has 2 heterocycles. The quantitative estimate of drug-likeness (QED) is 0.798. The second kappa shape index (κ2) is 6.89. The average molecular weight is 391 g/mol. The van der Waals surface area contributed by atoms with E-state index >= 15 is 0 Å². The maximum atomic E-state index is 12.9. The van der Waals surface area contributed by atoms with E-state index in [0.29, 0.717) is 5.56 Å². The van der Waals surface area contributed by atoms with Gasteiger partial charge in [0.2, 0.25) is 10.0 Å². The molecule has 142 valence electrons. The zero-order chi connectivity index (χ0) is 18.9. The Morgan fingerprint density at radius 1 is 1.31 bits per heavy atom. The first-order valence-corrected chi connectivity index (χ1v) is 9.06. The number of aryl methyl sites for hydroxylation is 1. The Bertz CT molecular complexity index is 882. The Balaban J connectivity index is 1.88. The van der Waals surface area contributed by atoms with Crippen LogP contribution in [0.3, 0.4) is 0 Å². The van der Waals surface area contributed by atoms with Crippen LogP contribution >= 0.6 is 0 Å². The van der Waals surface area contributed by atoms with Crippen molar-refractivity contribution in [2.24, 2.45) is 7.05 Å². The Morgan fingerprint density at radius 3 is 2.69 bits per heavy atom. The minimum Gasteiger partial charge on any atom is -0.404 e. The van der Waals surface area contributed by atoms with E-state index in [1.54, 1.807) is 24.1 Å². The Kier molecular flexibility index (Phi) is 4.95. The van der Waals surface area contributed by atoms with Gasteiger partial charge >= 0.3 is 6.36 Å². The van der Waals surface area contributed by atoms with Gasteiger partial charge in [-0.15, -0.1) is 13.2 Å². The van der Waals surface area contributed by atoms with E-state index in [4.69, 9.17) is 4.74 Å². The van der Waals surface area contributed by atoms with Crippen LogP contribution < -0.4 is 4.74 Å². The topological polar surface area (TPSA) is 73.7 Å². The van der Waals surface area contributed by atoms with Crippen molar-refractivity contribution in [2.45, 2.75) is 17.4 Å². The molecule has 1 aromatic carbocycles. The summed E-state index contributed by atoms with van der Waals surface area (Å²) in [5.41, 5.74) is 0.687. The molecule has 0 spiro atoms. The number of benzene rings is 1. The van der Waals surface area contributed by atoms with Gasteiger partial charge in [-0.3, -0.25) is 4.68 Å². The van der Waals surface area contributed by atoms with E-state index in [1.165, 1.54) is 12.1 Å². The fourth-order valence-corrected chi connectivity index (χ4v) is 4.20.